The van der Waals surface area contributed by atoms with Gasteiger partial charge < -0.3 is 14.8 Å². The third-order valence-corrected chi connectivity index (χ3v) is 5.78. The van der Waals surface area contributed by atoms with Gasteiger partial charge >= 0.3 is 0 Å². The Kier molecular flexibility index (Phi) is 7.27. The fourth-order valence-electron chi connectivity index (χ4n) is 2.21. The van der Waals surface area contributed by atoms with Crippen molar-refractivity contribution in [2.24, 2.45) is 0 Å². The molecule has 0 radical (unpaired) electrons. The SMILES string of the molecule is COc1ccc(OC)c([C@@H](C)NC(=O)CSCc2ccc(Cl)s2)c1. The van der Waals surface area contributed by atoms with Gasteiger partial charge in [-0.3, -0.25) is 4.79 Å². The highest BCUT2D eigenvalue weighted by molar-refractivity contribution is 7.99. The molecule has 4 nitrogen and oxygen atoms in total. The van der Waals surface area contributed by atoms with Crippen LogP contribution in [-0.2, 0) is 10.5 Å². The summed E-state index contributed by atoms with van der Waals surface area (Å²) in [6, 6.07) is 9.25. The molecular weight excluding hydrogens is 366 g/mol. The van der Waals surface area contributed by atoms with E-state index in [1.165, 1.54) is 4.88 Å². The van der Waals surface area contributed by atoms with E-state index in [1.54, 1.807) is 37.3 Å². The molecule has 1 amide bonds. The highest BCUT2D eigenvalue weighted by Crippen LogP contribution is 2.29. The van der Waals surface area contributed by atoms with Gasteiger partial charge in [-0.2, -0.15) is 0 Å². The van der Waals surface area contributed by atoms with Gasteiger partial charge in [0.05, 0.1) is 30.4 Å². The zero-order chi connectivity index (χ0) is 17.5. The van der Waals surface area contributed by atoms with E-state index in [4.69, 9.17) is 21.1 Å². The minimum Gasteiger partial charge on any atom is -0.497 e. The van der Waals surface area contributed by atoms with Crippen LogP contribution in [0, 0.1) is 0 Å². The summed E-state index contributed by atoms with van der Waals surface area (Å²) in [7, 11) is 3.23. The Morgan fingerprint density at radius 1 is 1.29 bits per heavy atom. The molecule has 130 valence electrons. The van der Waals surface area contributed by atoms with Gasteiger partial charge in [0.2, 0.25) is 5.91 Å². The second-order valence-electron chi connectivity index (χ2n) is 5.10. The lowest BCUT2D eigenvalue weighted by molar-refractivity contribution is -0.119. The molecule has 1 aromatic carbocycles. The highest BCUT2D eigenvalue weighted by atomic mass is 35.5. The minimum absolute atomic E-state index is 0.0139. The van der Waals surface area contributed by atoms with Crippen LogP contribution < -0.4 is 14.8 Å². The van der Waals surface area contributed by atoms with E-state index in [2.05, 4.69) is 5.32 Å². The molecule has 24 heavy (non-hydrogen) atoms. The zero-order valence-electron chi connectivity index (χ0n) is 13.8. The normalized spacial score (nSPS) is 11.8. The number of benzene rings is 1. The summed E-state index contributed by atoms with van der Waals surface area (Å²) < 4.78 is 11.4. The lowest BCUT2D eigenvalue weighted by Gasteiger charge is -2.18. The lowest BCUT2D eigenvalue weighted by atomic mass is 10.1. The van der Waals surface area contributed by atoms with Gasteiger partial charge in [-0.1, -0.05) is 11.6 Å². The first kappa shape index (κ1) is 19.0. The molecule has 0 saturated carbocycles. The molecule has 2 rings (SSSR count). The molecule has 1 atom stereocenters. The first-order valence-corrected chi connectivity index (χ1v) is 9.71. The predicted octanol–water partition coefficient (Wildman–Crippen LogP) is 4.53. The van der Waals surface area contributed by atoms with Crippen molar-refractivity contribution in [3.63, 3.8) is 0 Å². The average molecular weight is 386 g/mol. The first-order valence-electron chi connectivity index (χ1n) is 7.36. The van der Waals surface area contributed by atoms with Crippen molar-refractivity contribution in [1.82, 2.24) is 5.32 Å². The van der Waals surface area contributed by atoms with Gasteiger partial charge in [0.1, 0.15) is 11.5 Å². The number of hydrogen-bond donors (Lipinski definition) is 1. The Hall–Kier alpha value is -1.37. The van der Waals surface area contributed by atoms with E-state index >= 15 is 0 Å². The van der Waals surface area contributed by atoms with Crippen LogP contribution >= 0.6 is 34.7 Å². The standard InChI is InChI=1S/C17H20ClNO3S2/c1-11(14-8-12(21-2)4-6-15(14)22-3)19-17(20)10-23-9-13-5-7-16(18)24-13/h4-8,11H,9-10H2,1-3H3,(H,19,20)/t11-/m1/s1. The number of nitrogens with one attached hydrogen (secondary N) is 1. The molecule has 1 N–H and O–H groups in total. The summed E-state index contributed by atoms with van der Waals surface area (Å²) in [5.41, 5.74) is 0.889. The summed E-state index contributed by atoms with van der Waals surface area (Å²) in [6.07, 6.45) is 0. The van der Waals surface area contributed by atoms with Crippen LogP contribution in [0.5, 0.6) is 11.5 Å². The summed E-state index contributed by atoms with van der Waals surface area (Å²) in [5, 5.41) is 3.00. The second kappa shape index (κ2) is 9.20. The molecule has 0 aliphatic heterocycles. The van der Waals surface area contributed by atoms with Crippen LogP contribution in [0.15, 0.2) is 30.3 Å². The molecule has 0 fully saturated rings. The molecule has 0 saturated heterocycles. The Balaban J connectivity index is 1.88. The number of carbonyl (C=O) groups is 1. The lowest BCUT2D eigenvalue weighted by Crippen LogP contribution is -2.28. The maximum Gasteiger partial charge on any atom is 0.230 e. The zero-order valence-corrected chi connectivity index (χ0v) is 16.2. The number of methoxy groups -OCH3 is 2. The number of amides is 1. The first-order chi connectivity index (χ1) is 11.5. The molecule has 0 aliphatic carbocycles. The molecule has 7 heteroatoms. The van der Waals surface area contributed by atoms with Crippen LogP contribution in [0.1, 0.15) is 23.4 Å². The minimum atomic E-state index is -0.167. The van der Waals surface area contributed by atoms with Crippen molar-refractivity contribution in [2.75, 3.05) is 20.0 Å². The maximum atomic E-state index is 12.1. The van der Waals surface area contributed by atoms with E-state index in [0.29, 0.717) is 5.75 Å². The van der Waals surface area contributed by atoms with Gasteiger partial charge in [0, 0.05) is 16.2 Å². The van der Waals surface area contributed by atoms with Crippen molar-refractivity contribution in [3.05, 3.63) is 45.1 Å². The third kappa shape index (κ3) is 5.33. The summed E-state index contributed by atoms with van der Waals surface area (Å²) >= 11 is 9.01. The molecule has 0 unspecified atom stereocenters. The van der Waals surface area contributed by atoms with Crippen LogP contribution in [-0.4, -0.2) is 25.9 Å². The monoisotopic (exact) mass is 385 g/mol. The van der Waals surface area contributed by atoms with E-state index in [0.717, 1.165) is 27.2 Å². The molecule has 1 aromatic heterocycles. The number of hydrogen-bond acceptors (Lipinski definition) is 5. The second-order valence-corrected chi connectivity index (χ2v) is 7.88. The number of ether oxygens (including phenoxy) is 2. The van der Waals surface area contributed by atoms with Crippen molar-refractivity contribution in [3.8, 4) is 11.5 Å². The van der Waals surface area contributed by atoms with Crippen LogP contribution in [0.2, 0.25) is 4.34 Å². The molecule has 0 aliphatic rings. The fourth-order valence-corrected chi connectivity index (χ4v) is 4.25. The quantitative estimate of drug-likeness (QED) is 0.725. The molecular formula is C17H20ClNO3S2. The van der Waals surface area contributed by atoms with Crippen LogP contribution in [0.25, 0.3) is 0 Å². The van der Waals surface area contributed by atoms with Gasteiger partial charge in [0.15, 0.2) is 0 Å². The Labute approximate surface area is 155 Å². The topological polar surface area (TPSA) is 47.6 Å². The van der Waals surface area contributed by atoms with Gasteiger partial charge in [-0.25, -0.2) is 0 Å². The van der Waals surface area contributed by atoms with Crippen molar-refractivity contribution in [1.29, 1.82) is 0 Å². The number of thioether (sulfide) groups is 1. The number of carbonyl (C=O) groups excluding carboxylic acids is 1. The largest absolute Gasteiger partial charge is 0.497 e. The van der Waals surface area contributed by atoms with Gasteiger partial charge in [-0.15, -0.1) is 23.1 Å². The van der Waals surface area contributed by atoms with E-state index in [9.17, 15) is 4.79 Å². The van der Waals surface area contributed by atoms with Crippen molar-refractivity contribution >= 4 is 40.6 Å². The molecule has 0 bridgehead atoms. The Bertz CT molecular complexity index is 690. The highest BCUT2D eigenvalue weighted by Gasteiger charge is 2.15. The Morgan fingerprint density at radius 3 is 2.71 bits per heavy atom. The molecule has 2 aromatic rings. The predicted molar refractivity (Wildman–Crippen MR) is 102 cm³/mol. The van der Waals surface area contributed by atoms with Crippen LogP contribution in [0.4, 0.5) is 0 Å². The van der Waals surface area contributed by atoms with Gasteiger partial charge in [0.25, 0.3) is 0 Å². The summed E-state index contributed by atoms with van der Waals surface area (Å²) in [6.45, 7) is 1.93. The molecule has 1 heterocycles. The van der Waals surface area contributed by atoms with E-state index < -0.39 is 0 Å². The van der Waals surface area contributed by atoms with E-state index in [-0.39, 0.29) is 11.9 Å². The average Bonchev–Trinajstić information content (AvgIpc) is 2.99. The van der Waals surface area contributed by atoms with Crippen LogP contribution in [0.3, 0.4) is 0 Å². The molecule has 0 spiro atoms. The number of thiophene rings is 1. The Morgan fingerprint density at radius 2 is 2.08 bits per heavy atom. The van der Waals surface area contributed by atoms with Crippen molar-refractivity contribution in [2.45, 2.75) is 18.7 Å². The summed E-state index contributed by atoms with van der Waals surface area (Å²) in [5.74, 6) is 2.62. The third-order valence-electron chi connectivity index (χ3n) is 3.39. The van der Waals surface area contributed by atoms with E-state index in [1.807, 2.05) is 37.3 Å². The van der Waals surface area contributed by atoms with Crippen molar-refractivity contribution < 1.29 is 14.3 Å². The maximum absolute atomic E-state index is 12.1. The number of halogens is 1. The number of rotatable bonds is 8. The smallest absolute Gasteiger partial charge is 0.230 e. The summed E-state index contributed by atoms with van der Waals surface area (Å²) in [4.78, 5) is 13.3. The van der Waals surface area contributed by atoms with Gasteiger partial charge in [-0.05, 0) is 37.3 Å². The fraction of sp³-hybridized carbons (Fsp3) is 0.353.